The van der Waals surface area contributed by atoms with E-state index in [1.807, 2.05) is 0 Å². The van der Waals surface area contributed by atoms with Gasteiger partial charge in [0.15, 0.2) is 17.5 Å². The van der Waals surface area contributed by atoms with Gasteiger partial charge in [0.1, 0.15) is 0 Å². The number of nitrogens with one attached hydrogen (secondary N) is 1. The highest BCUT2D eigenvalue weighted by Gasteiger charge is 2.16. The summed E-state index contributed by atoms with van der Waals surface area (Å²) >= 11 is 0. The molecule has 1 saturated carbocycles. The Hall–Kier alpha value is -2.05. The van der Waals surface area contributed by atoms with E-state index in [1.165, 1.54) is 32.4 Å². The molecule has 122 valence electrons. The zero-order valence-electron chi connectivity index (χ0n) is 12.5. The SMILES string of the molecule is COc1ccc(CN=C(N)NCC2CCC2)cc1OC(F)F. The molecule has 0 bridgehead atoms. The average Bonchev–Trinajstić information content (AvgIpc) is 2.43. The van der Waals surface area contributed by atoms with Crippen LogP contribution in [-0.2, 0) is 6.54 Å². The first-order valence-electron chi connectivity index (χ1n) is 7.24. The van der Waals surface area contributed by atoms with Crippen LogP contribution in [0.5, 0.6) is 11.5 Å². The maximum absolute atomic E-state index is 12.4. The van der Waals surface area contributed by atoms with E-state index in [4.69, 9.17) is 10.5 Å². The summed E-state index contributed by atoms with van der Waals surface area (Å²) in [6, 6.07) is 4.79. The molecule has 1 aliphatic rings. The molecule has 1 fully saturated rings. The third-order valence-electron chi connectivity index (χ3n) is 3.67. The van der Waals surface area contributed by atoms with Crippen molar-refractivity contribution in [2.45, 2.75) is 32.4 Å². The largest absolute Gasteiger partial charge is 0.493 e. The number of halogens is 2. The Bertz CT molecular complexity index is 520. The lowest BCUT2D eigenvalue weighted by Gasteiger charge is -2.25. The monoisotopic (exact) mass is 313 g/mol. The highest BCUT2D eigenvalue weighted by Crippen LogP contribution is 2.29. The summed E-state index contributed by atoms with van der Waals surface area (Å²) in [5.41, 5.74) is 6.50. The van der Waals surface area contributed by atoms with Crippen LogP contribution >= 0.6 is 0 Å². The Morgan fingerprint density at radius 1 is 1.41 bits per heavy atom. The van der Waals surface area contributed by atoms with E-state index in [-0.39, 0.29) is 18.0 Å². The number of rotatable bonds is 7. The van der Waals surface area contributed by atoms with Gasteiger partial charge in [0.2, 0.25) is 0 Å². The van der Waals surface area contributed by atoms with Gasteiger partial charge in [-0.25, -0.2) is 4.99 Å². The highest BCUT2D eigenvalue weighted by molar-refractivity contribution is 5.77. The second-order valence-corrected chi connectivity index (χ2v) is 5.24. The number of nitrogens with two attached hydrogens (primary N) is 1. The van der Waals surface area contributed by atoms with E-state index in [1.54, 1.807) is 12.1 Å². The van der Waals surface area contributed by atoms with Gasteiger partial charge in [-0.05, 0) is 36.5 Å². The minimum absolute atomic E-state index is 0.00815. The summed E-state index contributed by atoms with van der Waals surface area (Å²) in [7, 11) is 1.40. The van der Waals surface area contributed by atoms with Crippen LogP contribution in [-0.4, -0.2) is 26.2 Å². The van der Waals surface area contributed by atoms with Crippen molar-refractivity contribution in [3.8, 4) is 11.5 Å². The lowest BCUT2D eigenvalue weighted by atomic mass is 9.85. The van der Waals surface area contributed by atoms with Crippen molar-refractivity contribution in [1.29, 1.82) is 0 Å². The van der Waals surface area contributed by atoms with Gasteiger partial charge in [-0.3, -0.25) is 0 Å². The zero-order valence-corrected chi connectivity index (χ0v) is 12.5. The average molecular weight is 313 g/mol. The van der Waals surface area contributed by atoms with Gasteiger partial charge in [0, 0.05) is 6.54 Å². The van der Waals surface area contributed by atoms with Gasteiger partial charge in [0.05, 0.1) is 13.7 Å². The maximum atomic E-state index is 12.4. The van der Waals surface area contributed by atoms with Gasteiger partial charge in [-0.1, -0.05) is 12.5 Å². The van der Waals surface area contributed by atoms with Crippen molar-refractivity contribution in [1.82, 2.24) is 5.32 Å². The highest BCUT2D eigenvalue weighted by atomic mass is 19.3. The second-order valence-electron chi connectivity index (χ2n) is 5.24. The molecule has 1 aromatic rings. The van der Waals surface area contributed by atoms with Crippen molar-refractivity contribution in [2.24, 2.45) is 16.6 Å². The number of alkyl halides is 2. The molecule has 1 aromatic carbocycles. The minimum Gasteiger partial charge on any atom is -0.493 e. The molecular formula is C15H21F2N3O2. The Balaban J connectivity index is 1.93. The third-order valence-corrected chi connectivity index (χ3v) is 3.67. The van der Waals surface area contributed by atoms with Crippen LogP contribution in [0.3, 0.4) is 0 Å². The number of aliphatic imine (C=N–C) groups is 1. The summed E-state index contributed by atoms with van der Waals surface area (Å²) in [4.78, 5) is 4.20. The molecule has 0 amide bonds. The van der Waals surface area contributed by atoms with Crippen molar-refractivity contribution in [3.05, 3.63) is 23.8 Å². The molecule has 0 aromatic heterocycles. The predicted molar refractivity (Wildman–Crippen MR) is 80.3 cm³/mol. The Kier molecular flexibility index (Phi) is 5.80. The van der Waals surface area contributed by atoms with E-state index in [9.17, 15) is 8.78 Å². The molecular weight excluding hydrogens is 292 g/mol. The van der Waals surface area contributed by atoms with Gasteiger partial charge in [-0.15, -0.1) is 0 Å². The van der Waals surface area contributed by atoms with Gasteiger partial charge in [0.25, 0.3) is 0 Å². The standard InChI is InChI=1S/C15H21F2N3O2/c1-21-12-6-5-11(7-13(12)22-14(16)17)9-20-15(18)19-8-10-3-2-4-10/h5-7,10,14H,2-4,8-9H2,1H3,(H3,18,19,20). The van der Waals surface area contributed by atoms with Crippen molar-refractivity contribution >= 4 is 5.96 Å². The predicted octanol–water partition coefficient (Wildman–Crippen LogP) is 2.50. The van der Waals surface area contributed by atoms with E-state index >= 15 is 0 Å². The van der Waals surface area contributed by atoms with Crippen LogP contribution < -0.4 is 20.5 Å². The first-order valence-corrected chi connectivity index (χ1v) is 7.24. The number of hydrogen-bond acceptors (Lipinski definition) is 3. The third kappa shape index (κ3) is 4.75. The topological polar surface area (TPSA) is 68.9 Å². The summed E-state index contributed by atoms with van der Waals surface area (Å²) in [5, 5.41) is 3.08. The first-order chi connectivity index (χ1) is 10.6. The van der Waals surface area contributed by atoms with Crippen LogP contribution in [0.25, 0.3) is 0 Å². The van der Waals surface area contributed by atoms with E-state index in [0.29, 0.717) is 17.4 Å². The quantitative estimate of drug-likeness (QED) is 0.599. The molecule has 0 atom stereocenters. The van der Waals surface area contributed by atoms with E-state index in [2.05, 4.69) is 15.0 Å². The van der Waals surface area contributed by atoms with E-state index in [0.717, 1.165) is 6.54 Å². The van der Waals surface area contributed by atoms with Crippen LogP contribution in [0.4, 0.5) is 8.78 Å². The number of methoxy groups -OCH3 is 1. The molecule has 7 heteroatoms. The van der Waals surface area contributed by atoms with Crippen molar-refractivity contribution < 1.29 is 18.3 Å². The number of hydrogen-bond donors (Lipinski definition) is 2. The van der Waals surface area contributed by atoms with E-state index < -0.39 is 6.61 Å². The fraction of sp³-hybridized carbons (Fsp3) is 0.533. The van der Waals surface area contributed by atoms with Gasteiger partial charge < -0.3 is 20.5 Å². The van der Waals surface area contributed by atoms with Crippen molar-refractivity contribution in [3.63, 3.8) is 0 Å². The minimum atomic E-state index is -2.90. The van der Waals surface area contributed by atoms with Crippen LogP contribution in [0, 0.1) is 5.92 Å². The van der Waals surface area contributed by atoms with Gasteiger partial charge >= 0.3 is 6.61 Å². The molecule has 3 N–H and O–H groups in total. The number of ether oxygens (including phenoxy) is 2. The Labute approximate surface area is 128 Å². The summed E-state index contributed by atoms with van der Waals surface area (Å²) in [6.45, 7) is -1.79. The molecule has 0 unspecified atom stereocenters. The van der Waals surface area contributed by atoms with Crippen LogP contribution in [0.15, 0.2) is 23.2 Å². The summed E-state index contributed by atoms with van der Waals surface area (Å²) in [6.07, 6.45) is 3.74. The smallest absolute Gasteiger partial charge is 0.387 e. The fourth-order valence-corrected chi connectivity index (χ4v) is 2.19. The summed E-state index contributed by atoms with van der Waals surface area (Å²) < 4.78 is 34.1. The molecule has 0 aliphatic heterocycles. The molecule has 5 nitrogen and oxygen atoms in total. The maximum Gasteiger partial charge on any atom is 0.387 e. The first kappa shape index (κ1) is 16.3. The number of guanidine groups is 1. The molecule has 0 heterocycles. The summed E-state index contributed by atoms with van der Waals surface area (Å²) in [5.74, 6) is 1.29. The molecule has 0 spiro atoms. The fourth-order valence-electron chi connectivity index (χ4n) is 2.19. The molecule has 2 rings (SSSR count). The lowest BCUT2D eigenvalue weighted by molar-refractivity contribution is -0.0512. The molecule has 1 aliphatic carbocycles. The van der Waals surface area contributed by atoms with Crippen LogP contribution in [0.1, 0.15) is 24.8 Å². The number of benzene rings is 1. The molecule has 0 radical (unpaired) electrons. The Morgan fingerprint density at radius 3 is 2.77 bits per heavy atom. The Morgan fingerprint density at radius 2 is 2.18 bits per heavy atom. The van der Waals surface area contributed by atoms with Crippen LogP contribution in [0.2, 0.25) is 0 Å². The van der Waals surface area contributed by atoms with Gasteiger partial charge in [-0.2, -0.15) is 8.78 Å². The second kappa shape index (κ2) is 7.82. The molecule has 22 heavy (non-hydrogen) atoms. The van der Waals surface area contributed by atoms with Crippen molar-refractivity contribution in [2.75, 3.05) is 13.7 Å². The lowest BCUT2D eigenvalue weighted by Crippen LogP contribution is -2.37. The number of nitrogens with zero attached hydrogens (tertiary/aromatic N) is 1. The normalized spacial score (nSPS) is 15.5. The zero-order chi connectivity index (χ0) is 15.9. The molecule has 0 saturated heterocycles.